The van der Waals surface area contributed by atoms with Crippen LogP contribution in [-0.4, -0.2) is 10.8 Å². The summed E-state index contributed by atoms with van der Waals surface area (Å²) in [5.41, 5.74) is 1.11. The monoisotopic (exact) mass is 208 g/mol. The highest BCUT2D eigenvalue weighted by atomic mass is 32.2. The first kappa shape index (κ1) is 9.08. The maximum atomic E-state index is 10.4. The molecule has 0 aliphatic carbocycles. The maximum Gasteiger partial charge on any atom is 0.269 e. The third kappa shape index (κ3) is 1.72. The van der Waals surface area contributed by atoms with Crippen molar-refractivity contribution in [2.24, 2.45) is 0 Å². The number of nitro benzene ring substituents is 1. The lowest BCUT2D eigenvalue weighted by Gasteiger charge is -2.13. The second-order valence-corrected chi connectivity index (χ2v) is 3.69. The average molecular weight is 208 g/mol. The number of non-ortho nitro benzene ring substituents is 1. The standard InChI is InChI=1S/C9H8N2O2S/c12-11(13)9-3-1-8(2-4-9)10-5-6-14-7-10/h1-6H,7H2. The Hall–Kier alpha value is -1.49. The first-order valence-electron chi connectivity index (χ1n) is 4.07. The van der Waals surface area contributed by atoms with E-state index in [9.17, 15) is 10.1 Å². The van der Waals surface area contributed by atoms with Crippen LogP contribution in [0.5, 0.6) is 0 Å². The number of hydrogen-bond donors (Lipinski definition) is 0. The number of nitrogens with zero attached hydrogens (tertiary/aromatic N) is 2. The van der Waals surface area contributed by atoms with E-state index in [1.165, 1.54) is 12.1 Å². The van der Waals surface area contributed by atoms with Gasteiger partial charge in [0.1, 0.15) is 0 Å². The predicted octanol–water partition coefficient (Wildman–Crippen LogP) is 2.58. The molecule has 1 aromatic rings. The van der Waals surface area contributed by atoms with E-state index in [2.05, 4.69) is 0 Å². The molecule has 1 aromatic carbocycles. The van der Waals surface area contributed by atoms with Gasteiger partial charge in [-0.1, -0.05) is 0 Å². The van der Waals surface area contributed by atoms with Crippen LogP contribution >= 0.6 is 11.8 Å². The Morgan fingerprint density at radius 1 is 1.36 bits per heavy atom. The molecule has 0 aromatic heterocycles. The molecule has 1 heterocycles. The van der Waals surface area contributed by atoms with E-state index in [4.69, 9.17) is 0 Å². The molecule has 0 fully saturated rings. The van der Waals surface area contributed by atoms with Gasteiger partial charge in [0.05, 0.1) is 10.8 Å². The minimum Gasteiger partial charge on any atom is -0.337 e. The van der Waals surface area contributed by atoms with Gasteiger partial charge in [-0.3, -0.25) is 10.1 Å². The number of rotatable bonds is 2. The van der Waals surface area contributed by atoms with Crippen LogP contribution in [0, 0.1) is 10.1 Å². The Morgan fingerprint density at radius 3 is 2.57 bits per heavy atom. The molecule has 1 aliphatic heterocycles. The lowest BCUT2D eigenvalue weighted by atomic mass is 10.3. The Kier molecular flexibility index (Phi) is 2.41. The quantitative estimate of drug-likeness (QED) is 0.553. The molecule has 0 N–H and O–H groups in total. The summed E-state index contributed by atoms with van der Waals surface area (Å²) in [7, 11) is 0. The molecule has 0 saturated carbocycles. The largest absolute Gasteiger partial charge is 0.337 e. The minimum absolute atomic E-state index is 0.129. The topological polar surface area (TPSA) is 46.4 Å². The van der Waals surface area contributed by atoms with Crippen molar-refractivity contribution in [3.8, 4) is 0 Å². The minimum atomic E-state index is -0.391. The molecular formula is C9H8N2O2S. The zero-order chi connectivity index (χ0) is 9.97. The van der Waals surface area contributed by atoms with Crippen LogP contribution < -0.4 is 4.90 Å². The van der Waals surface area contributed by atoms with Gasteiger partial charge in [-0.05, 0) is 17.5 Å². The molecular weight excluding hydrogens is 200 g/mol. The van der Waals surface area contributed by atoms with Gasteiger partial charge in [-0.2, -0.15) is 0 Å². The average Bonchev–Trinajstić information content (AvgIpc) is 2.71. The van der Waals surface area contributed by atoms with Crippen molar-refractivity contribution in [1.82, 2.24) is 0 Å². The molecule has 2 rings (SSSR count). The molecule has 1 aliphatic rings. The summed E-state index contributed by atoms with van der Waals surface area (Å²) in [5, 5.41) is 12.4. The molecule has 5 heteroatoms. The number of anilines is 1. The molecule has 0 saturated heterocycles. The summed E-state index contributed by atoms with van der Waals surface area (Å²) in [6, 6.07) is 6.56. The molecule has 0 amide bonds. The molecule has 4 nitrogen and oxygen atoms in total. The number of nitro groups is 1. The summed E-state index contributed by atoms with van der Waals surface area (Å²) < 4.78 is 0. The van der Waals surface area contributed by atoms with Gasteiger partial charge in [-0.25, -0.2) is 0 Å². The molecule has 0 atom stereocenters. The fraction of sp³-hybridized carbons (Fsp3) is 0.111. The van der Waals surface area contributed by atoms with Gasteiger partial charge in [-0.15, -0.1) is 11.8 Å². The van der Waals surface area contributed by atoms with Crippen molar-refractivity contribution in [3.05, 3.63) is 46.0 Å². The Morgan fingerprint density at radius 2 is 2.07 bits per heavy atom. The van der Waals surface area contributed by atoms with E-state index < -0.39 is 4.92 Å². The Balaban J connectivity index is 2.21. The Bertz CT molecular complexity index is 375. The van der Waals surface area contributed by atoms with E-state index >= 15 is 0 Å². The lowest BCUT2D eigenvalue weighted by Crippen LogP contribution is -2.10. The van der Waals surface area contributed by atoms with Gasteiger partial charge < -0.3 is 4.90 Å². The maximum absolute atomic E-state index is 10.4. The van der Waals surface area contributed by atoms with Crippen LogP contribution in [0.2, 0.25) is 0 Å². The van der Waals surface area contributed by atoms with Crippen molar-refractivity contribution in [2.75, 3.05) is 10.8 Å². The lowest BCUT2D eigenvalue weighted by molar-refractivity contribution is -0.384. The van der Waals surface area contributed by atoms with Crippen molar-refractivity contribution in [1.29, 1.82) is 0 Å². The Labute approximate surface area is 85.4 Å². The van der Waals surface area contributed by atoms with E-state index in [1.54, 1.807) is 23.9 Å². The summed E-state index contributed by atoms with van der Waals surface area (Å²) in [4.78, 5) is 12.1. The second-order valence-electron chi connectivity index (χ2n) is 2.82. The molecule has 0 unspecified atom stereocenters. The molecule has 14 heavy (non-hydrogen) atoms. The van der Waals surface area contributed by atoms with Gasteiger partial charge in [0.15, 0.2) is 0 Å². The number of thioether (sulfide) groups is 1. The molecule has 0 spiro atoms. The third-order valence-electron chi connectivity index (χ3n) is 1.94. The fourth-order valence-corrected chi connectivity index (χ4v) is 1.92. The van der Waals surface area contributed by atoms with Gasteiger partial charge >= 0.3 is 0 Å². The third-order valence-corrected chi connectivity index (χ3v) is 2.68. The smallest absolute Gasteiger partial charge is 0.269 e. The molecule has 0 bridgehead atoms. The predicted molar refractivity (Wildman–Crippen MR) is 57.2 cm³/mol. The first-order valence-corrected chi connectivity index (χ1v) is 5.11. The second kappa shape index (κ2) is 3.71. The van der Waals surface area contributed by atoms with Crippen molar-refractivity contribution in [2.45, 2.75) is 0 Å². The normalized spacial score (nSPS) is 14.7. The van der Waals surface area contributed by atoms with Crippen LogP contribution in [0.1, 0.15) is 0 Å². The van der Waals surface area contributed by atoms with Gasteiger partial charge in [0, 0.05) is 24.0 Å². The molecule has 72 valence electrons. The van der Waals surface area contributed by atoms with Crippen molar-refractivity contribution >= 4 is 23.1 Å². The molecule has 0 radical (unpaired) electrons. The van der Waals surface area contributed by atoms with Gasteiger partial charge in [0.25, 0.3) is 5.69 Å². The summed E-state index contributed by atoms with van der Waals surface area (Å²) >= 11 is 1.70. The van der Waals surface area contributed by atoms with Crippen LogP contribution in [-0.2, 0) is 0 Å². The van der Waals surface area contributed by atoms with E-state index in [1.807, 2.05) is 16.5 Å². The van der Waals surface area contributed by atoms with E-state index in [0.29, 0.717) is 0 Å². The first-order chi connectivity index (χ1) is 6.77. The van der Waals surface area contributed by atoms with Crippen LogP contribution in [0.4, 0.5) is 11.4 Å². The number of benzene rings is 1. The summed E-state index contributed by atoms with van der Waals surface area (Å²) in [6.45, 7) is 0. The fourth-order valence-electron chi connectivity index (χ4n) is 1.21. The van der Waals surface area contributed by atoms with E-state index in [-0.39, 0.29) is 5.69 Å². The SMILES string of the molecule is O=[N+]([O-])c1ccc(N2C=CSC2)cc1. The zero-order valence-electron chi connectivity index (χ0n) is 7.29. The zero-order valence-corrected chi connectivity index (χ0v) is 8.11. The van der Waals surface area contributed by atoms with E-state index in [0.717, 1.165) is 11.6 Å². The summed E-state index contributed by atoms with van der Waals surface area (Å²) in [5.74, 6) is 0.873. The van der Waals surface area contributed by atoms with Crippen LogP contribution in [0.15, 0.2) is 35.9 Å². The van der Waals surface area contributed by atoms with Crippen molar-refractivity contribution in [3.63, 3.8) is 0 Å². The van der Waals surface area contributed by atoms with Crippen molar-refractivity contribution < 1.29 is 4.92 Å². The highest BCUT2D eigenvalue weighted by molar-refractivity contribution is 8.02. The van der Waals surface area contributed by atoms with Crippen LogP contribution in [0.25, 0.3) is 0 Å². The number of hydrogen-bond acceptors (Lipinski definition) is 4. The van der Waals surface area contributed by atoms with Crippen LogP contribution in [0.3, 0.4) is 0 Å². The highest BCUT2D eigenvalue weighted by Crippen LogP contribution is 2.25. The summed E-state index contributed by atoms with van der Waals surface area (Å²) in [6.07, 6.45) is 1.96. The van der Waals surface area contributed by atoms with Gasteiger partial charge in [0.2, 0.25) is 0 Å². The highest BCUT2D eigenvalue weighted by Gasteiger charge is 2.09.